The first-order valence-corrected chi connectivity index (χ1v) is 8.12. The molecule has 0 N–H and O–H groups in total. The van der Waals surface area contributed by atoms with Crippen LogP contribution in [0.1, 0.15) is 84.5 Å². The minimum Gasteiger partial charge on any atom is -0.431 e. The third kappa shape index (κ3) is 8.07. The van der Waals surface area contributed by atoms with Crippen LogP contribution in [0.2, 0.25) is 0 Å². The van der Waals surface area contributed by atoms with Gasteiger partial charge in [0.1, 0.15) is 5.76 Å². The van der Waals surface area contributed by atoms with Crippen molar-refractivity contribution in [1.82, 2.24) is 0 Å². The second kappa shape index (κ2) is 10.1. The van der Waals surface area contributed by atoms with Gasteiger partial charge in [-0.05, 0) is 31.3 Å². The van der Waals surface area contributed by atoms with Crippen molar-refractivity contribution in [2.45, 2.75) is 84.5 Å². The molecular weight excluding hydrogens is 236 g/mol. The molecule has 0 aromatic rings. The fraction of sp³-hybridized carbons (Fsp3) is 0.824. The van der Waals surface area contributed by atoms with Gasteiger partial charge < -0.3 is 4.74 Å². The van der Waals surface area contributed by atoms with E-state index in [1.54, 1.807) is 0 Å². The molecule has 1 heterocycles. The first-order chi connectivity index (χ1) is 9.22. The van der Waals surface area contributed by atoms with Crippen LogP contribution in [0.5, 0.6) is 0 Å². The van der Waals surface area contributed by atoms with Gasteiger partial charge in [-0.15, -0.1) is 0 Å². The Labute approximate surface area is 118 Å². The molecule has 0 aromatic heterocycles. The summed E-state index contributed by atoms with van der Waals surface area (Å²) in [4.78, 5) is 11.8. The van der Waals surface area contributed by atoms with E-state index in [1.807, 2.05) is 0 Å². The molecule has 0 fully saturated rings. The maximum absolute atomic E-state index is 11.8. The topological polar surface area (TPSA) is 26.3 Å². The van der Waals surface area contributed by atoms with Gasteiger partial charge in [-0.25, -0.2) is 0 Å². The van der Waals surface area contributed by atoms with E-state index in [4.69, 9.17) is 4.74 Å². The number of hydrogen-bond acceptors (Lipinski definition) is 2. The maximum atomic E-state index is 11.8. The molecule has 2 heteroatoms. The largest absolute Gasteiger partial charge is 0.431 e. The molecule has 0 saturated carbocycles. The first-order valence-electron chi connectivity index (χ1n) is 8.12. The lowest BCUT2D eigenvalue weighted by molar-refractivity contribution is -0.140. The molecule has 0 radical (unpaired) electrons. The molecule has 0 saturated heterocycles. The number of cyclic esters (lactones) is 1. The second-order valence-corrected chi connectivity index (χ2v) is 5.88. The highest BCUT2D eigenvalue weighted by molar-refractivity contribution is 5.70. The molecule has 0 aliphatic carbocycles. The summed E-state index contributed by atoms with van der Waals surface area (Å²) >= 11 is 0. The van der Waals surface area contributed by atoms with E-state index in [9.17, 15) is 4.79 Å². The number of esters is 1. The summed E-state index contributed by atoms with van der Waals surface area (Å²) < 4.78 is 5.56. The van der Waals surface area contributed by atoms with Crippen molar-refractivity contribution >= 4 is 5.97 Å². The summed E-state index contributed by atoms with van der Waals surface area (Å²) in [7, 11) is 0. The van der Waals surface area contributed by atoms with E-state index in [1.165, 1.54) is 38.5 Å². The molecule has 1 aliphatic heterocycles. The predicted molar refractivity (Wildman–Crippen MR) is 79.8 cm³/mol. The molecule has 1 atom stereocenters. The normalized spacial score (nSPS) is 21.4. The summed E-state index contributed by atoms with van der Waals surface area (Å²) in [5.41, 5.74) is 0. The van der Waals surface area contributed by atoms with Gasteiger partial charge in [0.05, 0.1) is 0 Å². The van der Waals surface area contributed by atoms with Gasteiger partial charge in [0, 0.05) is 12.8 Å². The highest BCUT2D eigenvalue weighted by Gasteiger charge is 2.10. The lowest BCUT2D eigenvalue weighted by Gasteiger charge is -2.13. The average molecular weight is 266 g/mol. The molecule has 0 aromatic carbocycles. The fourth-order valence-corrected chi connectivity index (χ4v) is 2.41. The van der Waals surface area contributed by atoms with Crippen molar-refractivity contribution in [2.75, 3.05) is 0 Å². The highest BCUT2D eigenvalue weighted by Crippen LogP contribution is 2.19. The third-order valence-electron chi connectivity index (χ3n) is 3.95. The Morgan fingerprint density at radius 1 is 1.11 bits per heavy atom. The van der Waals surface area contributed by atoms with Gasteiger partial charge in [0.25, 0.3) is 0 Å². The van der Waals surface area contributed by atoms with E-state index < -0.39 is 0 Å². The molecule has 19 heavy (non-hydrogen) atoms. The van der Waals surface area contributed by atoms with Gasteiger partial charge in [0.2, 0.25) is 0 Å². The second-order valence-electron chi connectivity index (χ2n) is 5.88. The number of allylic oxidation sites excluding steroid dienone is 2. The van der Waals surface area contributed by atoms with Crippen molar-refractivity contribution in [2.24, 2.45) is 5.92 Å². The molecular formula is C17H30O2. The van der Waals surface area contributed by atoms with Crippen molar-refractivity contribution in [3.63, 3.8) is 0 Å². The highest BCUT2D eigenvalue weighted by atomic mass is 16.5. The van der Waals surface area contributed by atoms with E-state index in [-0.39, 0.29) is 5.97 Å². The lowest BCUT2D eigenvalue weighted by Crippen LogP contribution is -2.07. The minimum absolute atomic E-state index is 0.0335. The number of carbonyl (C=O) groups excluding carboxylic acids is 1. The van der Waals surface area contributed by atoms with Crippen LogP contribution in [-0.2, 0) is 9.53 Å². The van der Waals surface area contributed by atoms with Crippen LogP contribution in [0.4, 0.5) is 0 Å². The molecule has 0 spiro atoms. The van der Waals surface area contributed by atoms with Gasteiger partial charge in [-0.2, -0.15) is 0 Å². The van der Waals surface area contributed by atoms with Crippen LogP contribution in [0.3, 0.4) is 0 Å². The van der Waals surface area contributed by atoms with Crippen LogP contribution in [-0.4, -0.2) is 5.97 Å². The van der Waals surface area contributed by atoms with Crippen LogP contribution in [0.15, 0.2) is 11.8 Å². The molecule has 0 amide bonds. The monoisotopic (exact) mass is 266 g/mol. The van der Waals surface area contributed by atoms with Gasteiger partial charge >= 0.3 is 5.97 Å². The fourth-order valence-electron chi connectivity index (χ4n) is 2.41. The van der Waals surface area contributed by atoms with Crippen LogP contribution >= 0.6 is 0 Å². The SMILES string of the molecule is CCC(C)CC1=CCCCCCCCCCC(=O)O1. The zero-order chi connectivity index (χ0) is 13.9. The number of ether oxygens (including phenoxy) is 1. The minimum atomic E-state index is -0.0335. The Kier molecular flexibility index (Phi) is 8.61. The zero-order valence-electron chi connectivity index (χ0n) is 12.7. The van der Waals surface area contributed by atoms with Crippen molar-refractivity contribution < 1.29 is 9.53 Å². The standard InChI is InChI=1S/C17H30O2/c1-3-15(2)14-16-12-10-8-6-4-5-7-9-11-13-17(18)19-16/h12,15H,3-11,13-14H2,1-2H3. The summed E-state index contributed by atoms with van der Waals surface area (Å²) in [5, 5.41) is 0. The zero-order valence-corrected chi connectivity index (χ0v) is 12.7. The molecule has 110 valence electrons. The Hall–Kier alpha value is -0.790. The maximum Gasteiger partial charge on any atom is 0.310 e. The molecule has 0 bridgehead atoms. The summed E-state index contributed by atoms with van der Waals surface area (Å²) in [6.45, 7) is 4.41. The van der Waals surface area contributed by atoms with Crippen LogP contribution in [0, 0.1) is 5.92 Å². The first kappa shape index (κ1) is 16.3. The van der Waals surface area contributed by atoms with Crippen LogP contribution < -0.4 is 0 Å². The average Bonchev–Trinajstić information content (AvgIpc) is 2.41. The van der Waals surface area contributed by atoms with E-state index in [0.29, 0.717) is 12.3 Å². The molecule has 1 unspecified atom stereocenters. The lowest BCUT2D eigenvalue weighted by atomic mass is 10.0. The Morgan fingerprint density at radius 3 is 2.42 bits per heavy atom. The summed E-state index contributed by atoms with van der Waals surface area (Å²) in [5.74, 6) is 1.47. The van der Waals surface area contributed by atoms with E-state index in [0.717, 1.165) is 31.4 Å². The Balaban J connectivity index is 2.53. The van der Waals surface area contributed by atoms with Crippen molar-refractivity contribution in [3.8, 4) is 0 Å². The van der Waals surface area contributed by atoms with E-state index >= 15 is 0 Å². The Bertz CT molecular complexity index is 281. The summed E-state index contributed by atoms with van der Waals surface area (Å²) in [6.07, 6.45) is 14.4. The Morgan fingerprint density at radius 2 is 1.74 bits per heavy atom. The van der Waals surface area contributed by atoms with Crippen molar-refractivity contribution in [1.29, 1.82) is 0 Å². The van der Waals surface area contributed by atoms with Crippen molar-refractivity contribution in [3.05, 3.63) is 11.8 Å². The molecule has 1 rings (SSSR count). The molecule has 1 aliphatic rings. The van der Waals surface area contributed by atoms with Gasteiger partial charge in [-0.1, -0.05) is 52.4 Å². The molecule has 2 nitrogen and oxygen atoms in total. The van der Waals surface area contributed by atoms with Gasteiger partial charge in [0.15, 0.2) is 0 Å². The summed E-state index contributed by atoms with van der Waals surface area (Å²) in [6, 6.07) is 0. The van der Waals surface area contributed by atoms with E-state index in [2.05, 4.69) is 19.9 Å². The quantitative estimate of drug-likeness (QED) is 0.641. The predicted octanol–water partition coefficient (Wildman–Crippen LogP) is 5.37. The third-order valence-corrected chi connectivity index (χ3v) is 3.95. The van der Waals surface area contributed by atoms with Gasteiger partial charge in [-0.3, -0.25) is 4.79 Å². The number of carbonyl (C=O) groups is 1. The number of rotatable bonds is 3. The van der Waals surface area contributed by atoms with Crippen LogP contribution in [0.25, 0.3) is 0 Å². The number of hydrogen-bond donors (Lipinski definition) is 0. The smallest absolute Gasteiger partial charge is 0.310 e.